The third-order valence-corrected chi connectivity index (χ3v) is 5.02. The second-order valence-electron chi connectivity index (χ2n) is 6.71. The molecule has 1 saturated heterocycles. The number of benzene rings is 1. The molecule has 1 aromatic rings. The van der Waals surface area contributed by atoms with Crippen molar-refractivity contribution in [1.29, 1.82) is 0 Å². The van der Waals surface area contributed by atoms with Gasteiger partial charge in [0.25, 0.3) is 0 Å². The van der Waals surface area contributed by atoms with Crippen LogP contribution in [0.5, 0.6) is 0 Å². The Labute approximate surface area is 130 Å². The van der Waals surface area contributed by atoms with Crippen LogP contribution in [0.3, 0.4) is 0 Å². The summed E-state index contributed by atoms with van der Waals surface area (Å²) in [5, 5.41) is 3.60. The second-order valence-corrected chi connectivity index (χ2v) is 6.71. The van der Waals surface area contributed by atoms with Crippen LogP contribution in [0.1, 0.15) is 58.1 Å². The highest BCUT2D eigenvalue weighted by molar-refractivity contribution is 5.21. The number of hydrogen-bond donors (Lipinski definition) is 1. The minimum absolute atomic E-state index is 0.415. The number of rotatable bonds is 6. The Kier molecular flexibility index (Phi) is 6.25. The maximum absolute atomic E-state index is 3.60. The van der Waals surface area contributed by atoms with Crippen molar-refractivity contribution >= 4 is 0 Å². The first kappa shape index (κ1) is 16.5. The normalized spacial score (nSPS) is 23.2. The van der Waals surface area contributed by atoms with Gasteiger partial charge in [0, 0.05) is 18.1 Å². The third kappa shape index (κ3) is 3.87. The van der Waals surface area contributed by atoms with Crippen LogP contribution in [-0.4, -0.2) is 30.6 Å². The molecule has 1 aliphatic heterocycles. The minimum atomic E-state index is 0.415. The highest BCUT2D eigenvalue weighted by Gasteiger charge is 2.34. The predicted molar refractivity (Wildman–Crippen MR) is 91.5 cm³/mol. The molecule has 1 aromatic carbocycles. The van der Waals surface area contributed by atoms with Crippen LogP contribution in [0.4, 0.5) is 0 Å². The summed E-state index contributed by atoms with van der Waals surface area (Å²) in [7, 11) is 2.11. The second kappa shape index (κ2) is 7.95. The van der Waals surface area contributed by atoms with Gasteiger partial charge in [0.05, 0.1) is 0 Å². The first-order valence-electron chi connectivity index (χ1n) is 8.67. The minimum Gasteiger partial charge on any atom is -0.312 e. The molecule has 3 atom stereocenters. The van der Waals surface area contributed by atoms with Gasteiger partial charge in [-0.3, -0.25) is 4.90 Å². The molecule has 3 unspecified atom stereocenters. The van der Waals surface area contributed by atoms with Crippen LogP contribution < -0.4 is 5.32 Å². The van der Waals surface area contributed by atoms with Gasteiger partial charge in [0.2, 0.25) is 0 Å². The zero-order chi connectivity index (χ0) is 15.2. The fourth-order valence-corrected chi connectivity index (χ4v) is 4.01. The van der Waals surface area contributed by atoms with Crippen LogP contribution in [0.25, 0.3) is 0 Å². The molecule has 0 amide bonds. The van der Waals surface area contributed by atoms with E-state index in [0.29, 0.717) is 18.0 Å². The van der Waals surface area contributed by atoms with E-state index in [1.807, 2.05) is 0 Å². The maximum Gasteiger partial charge on any atom is 0.0478 e. The number of piperidine rings is 1. The number of likely N-dealkylation sites (tertiary alicyclic amines) is 1. The van der Waals surface area contributed by atoms with E-state index in [1.54, 1.807) is 0 Å². The Morgan fingerprint density at radius 2 is 1.90 bits per heavy atom. The largest absolute Gasteiger partial charge is 0.312 e. The summed E-state index contributed by atoms with van der Waals surface area (Å²) in [6.45, 7) is 8.35. The molecule has 2 rings (SSSR count). The van der Waals surface area contributed by atoms with Gasteiger partial charge in [0.1, 0.15) is 0 Å². The Balaban J connectivity index is 2.27. The predicted octanol–water partition coefficient (Wildman–Crippen LogP) is 4.24. The Hall–Kier alpha value is -0.860. The van der Waals surface area contributed by atoms with Crippen molar-refractivity contribution in [3.8, 4) is 0 Å². The monoisotopic (exact) mass is 288 g/mol. The number of likely N-dealkylation sites (N-methyl/N-ethyl adjacent to an activating group) is 1. The van der Waals surface area contributed by atoms with E-state index in [-0.39, 0.29) is 0 Å². The van der Waals surface area contributed by atoms with E-state index in [2.05, 4.69) is 68.4 Å². The van der Waals surface area contributed by atoms with Crippen LogP contribution in [-0.2, 0) is 0 Å². The highest BCUT2D eigenvalue weighted by atomic mass is 15.2. The third-order valence-electron chi connectivity index (χ3n) is 5.02. The molecule has 0 aromatic heterocycles. The first-order valence-corrected chi connectivity index (χ1v) is 8.67. The zero-order valence-electron chi connectivity index (χ0n) is 14.2. The molecule has 1 N–H and O–H groups in total. The van der Waals surface area contributed by atoms with Crippen LogP contribution in [0.15, 0.2) is 30.3 Å². The zero-order valence-corrected chi connectivity index (χ0v) is 14.2. The van der Waals surface area contributed by atoms with E-state index in [4.69, 9.17) is 0 Å². The molecule has 0 radical (unpaired) electrons. The lowest BCUT2D eigenvalue weighted by Crippen LogP contribution is -2.53. The number of nitrogens with zero attached hydrogens (tertiary/aromatic N) is 1. The molecule has 0 saturated carbocycles. The molecule has 0 aliphatic carbocycles. The topological polar surface area (TPSA) is 15.3 Å². The van der Waals surface area contributed by atoms with Crippen molar-refractivity contribution < 1.29 is 0 Å². The van der Waals surface area contributed by atoms with Gasteiger partial charge in [0.15, 0.2) is 0 Å². The fraction of sp³-hybridized carbons (Fsp3) is 0.684. The Bertz CT molecular complexity index is 401. The molecular formula is C19H32N2. The average Bonchev–Trinajstić information content (AvgIpc) is 2.53. The van der Waals surface area contributed by atoms with Gasteiger partial charge < -0.3 is 5.32 Å². The lowest BCUT2D eigenvalue weighted by Gasteiger charge is -2.46. The van der Waals surface area contributed by atoms with Crippen LogP contribution in [0.2, 0.25) is 0 Å². The van der Waals surface area contributed by atoms with Crippen LogP contribution in [0, 0.1) is 5.92 Å². The molecule has 2 nitrogen and oxygen atoms in total. The van der Waals surface area contributed by atoms with Crippen molar-refractivity contribution in [2.24, 2.45) is 5.92 Å². The van der Waals surface area contributed by atoms with Crippen molar-refractivity contribution in [3.63, 3.8) is 0 Å². The first-order chi connectivity index (χ1) is 10.2. The van der Waals surface area contributed by atoms with E-state index >= 15 is 0 Å². The smallest absolute Gasteiger partial charge is 0.0478 e. The molecule has 1 fully saturated rings. The summed E-state index contributed by atoms with van der Waals surface area (Å²) in [5.41, 5.74) is 1.42. The van der Waals surface area contributed by atoms with Crippen molar-refractivity contribution in [2.75, 3.05) is 13.6 Å². The summed E-state index contributed by atoms with van der Waals surface area (Å²) in [6.07, 6.45) is 5.39. The number of hydrogen-bond acceptors (Lipinski definition) is 2. The quantitative estimate of drug-likeness (QED) is 0.842. The van der Waals surface area contributed by atoms with Crippen molar-refractivity contribution in [2.45, 2.75) is 64.6 Å². The highest BCUT2D eigenvalue weighted by Crippen LogP contribution is 2.32. The van der Waals surface area contributed by atoms with E-state index < -0.39 is 0 Å². The van der Waals surface area contributed by atoms with Gasteiger partial charge >= 0.3 is 0 Å². The molecule has 0 spiro atoms. The molecular weight excluding hydrogens is 256 g/mol. The van der Waals surface area contributed by atoms with Gasteiger partial charge in [-0.15, -0.1) is 0 Å². The molecule has 1 heterocycles. The van der Waals surface area contributed by atoms with E-state index in [0.717, 1.165) is 6.04 Å². The molecule has 1 aliphatic rings. The molecule has 118 valence electrons. The molecule has 0 bridgehead atoms. The van der Waals surface area contributed by atoms with Crippen molar-refractivity contribution in [3.05, 3.63) is 35.9 Å². The summed E-state index contributed by atoms with van der Waals surface area (Å²) in [6, 6.07) is 12.7. The lowest BCUT2D eigenvalue weighted by molar-refractivity contribution is 0.0453. The Morgan fingerprint density at radius 1 is 1.19 bits per heavy atom. The molecule has 2 heteroatoms. The summed E-state index contributed by atoms with van der Waals surface area (Å²) >= 11 is 0. The molecule has 21 heavy (non-hydrogen) atoms. The van der Waals surface area contributed by atoms with Gasteiger partial charge in [-0.2, -0.15) is 0 Å². The Morgan fingerprint density at radius 3 is 2.48 bits per heavy atom. The summed E-state index contributed by atoms with van der Waals surface area (Å²) < 4.78 is 0. The average molecular weight is 288 g/mol. The number of nitrogens with one attached hydrogen (secondary N) is 1. The lowest BCUT2D eigenvalue weighted by atomic mass is 9.86. The summed E-state index contributed by atoms with van der Waals surface area (Å²) in [5.74, 6) is 0.648. The van der Waals surface area contributed by atoms with Gasteiger partial charge in [-0.1, -0.05) is 57.5 Å². The van der Waals surface area contributed by atoms with E-state index in [9.17, 15) is 0 Å². The van der Waals surface area contributed by atoms with E-state index in [1.165, 1.54) is 37.8 Å². The maximum atomic E-state index is 3.60. The van der Waals surface area contributed by atoms with Crippen LogP contribution >= 0.6 is 0 Å². The SMILES string of the molecule is CCC1CCCCN1C(C(C)C)C(NC)c1ccccc1. The van der Waals surface area contributed by atoms with Crippen molar-refractivity contribution in [1.82, 2.24) is 10.2 Å². The van der Waals surface area contributed by atoms with Gasteiger partial charge in [-0.05, 0) is 44.3 Å². The fourth-order valence-electron chi connectivity index (χ4n) is 4.01. The van der Waals surface area contributed by atoms with Gasteiger partial charge in [-0.25, -0.2) is 0 Å². The summed E-state index contributed by atoms with van der Waals surface area (Å²) in [4.78, 5) is 2.79. The standard InChI is InChI=1S/C19H32N2/c1-5-17-13-9-10-14-21(17)19(15(2)3)18(20-4)16-11-7-6-8-12-16/h6-8,11-12,15,17-20H,5,9-10,13-14H2,1-4H3.